The summed E-state index contributed by atoms with van der Waals surface area (Å²) in [5, 5.41) is 11.7. The molecule has 8 nitrogen and oxygen atoms in total. The van der Waals surface area contributed by atoms with E-state index < -0.39 is 6.29 Å². The number of aromatic amines is 1. The fraction of sp³-hybridized carbons (Fsp3) is 0.200. The first kappa shape index (κ1) is 8.69. The Kier molecular flexibility index (Phi) is 1.93. The topological polar surface area (TPSA) is 125 Å². The molecule has 0 spiro atoms. The smallest absolute Gasteiger partial charge is 0.306 e. The summed E-state index contributed by atoms with van der Waals surface area (Å²) in [6.07, 6.45) is -0.731. The van der Waals surface area contributed by atoms with Crippen molar-refractivity contribution in [3.63, 3.8) is 0 Å². The minimum Gasteiger partial charge on any atom is -0.330 e. The minimum absolute atomic E-state index is 0.303. The van der Waals surface area contributed by atoms with Crippen molar-refractivity contribution < 1.29 is 4.79 Å². The molecule has 1 atom stereocenters. The van der Waals surface area contributed by atoms with Crippen LogP contribution in [-0.4, -0.2) is 17.2 Å². The van der Waals surface area contributed by atoms with Crippen LogP contribution in [0.25, 0.3) is 0 Å². The van der Waals surface area contributed by atoms with Gasteiger partial charge in [0.25, 0.3) is 5.91 Å². The van der Waals surface area contributed by atoms with Crippen LogP contribution in [0.5, 0.6) is 0 Å². The first-order chi connectivity index (χ1) is 6.70. The van der Waals surface area contributed by atoms with Gasteiger partial charge in [-0.1, -0.05) is 16.6 Å². The molecule has 0 fully saturated rings. The zero-order valence-electron chi connectivity index (χ0n) is 6.77. The molecule has 5 N–H and O–H groups in total. The molecule has 0 saturated heterocycles. The highest BCUT2D eigenvalue weighted by Crippen LogP contribution is 2.19. The van der Waals surface area contributed by atoms with Gasteiger partial charge in [-0.15, -0.1) is 5.11 Å². The Morgan fingerprint density at radius 1 is 1.36 bits per heavy atom. The number of carbonyl (C=O) groups excluding carboxylic acids is 1. The van der Waals surface area contributed by atoms with Gasteiger partial charge in [-0.05, 0) is 0 Å². The first-order valence-corrected chi connectivity index (χ1v) is 4.43. The molecule has 2 heterocycles. The van der Waals surface area contributed by atoms with E-state index in [0.717, 1.165) is 11.3 Å². The zero-order chi connectivity index (χ0) is 10.1. The van der Waals surface area contributed by atoms with Crippen LogP contribution in [0.1, 0.15) is 9.67 Å². The van der Waals surface area contributed by atoms with Crippen LogP contribution in [0.3, 0.4) is 0 Å². The van der Waals surface area contributed by atoms with Crippen molar-refractivity contribution in [2.24, 2.45) is 16.2 Å². The SMILES string of the molecule is NN=NC1NC(=O)c2sc(=O)[nH]c2N1. The Hall–Kier alpha value is -1.90. The number of nitrogens with zero attached hydrogens (tertiary/aromatic N) is 2. The normalized spacial score (nSPS) is 20.3. The molecule has 1 aromatic rings. The van der Waals surface area contributed by atoms with E-state index in [4.69, 9.17) is 5.84 Å². The van der Waals surface area contributed by atoms with E-state index in [1.165, 1.54) is 0 Å². The first-order valence-electron chi connectivity index (χ1n) is 3.61. The molecule has 0 radical (unpaired) electrons. The van der Waals surface area contributed by atoms with Crippen molar-refractivity contribution in [1.82, 2.24) is 10.3 Å². The van der Waals surface area contributed by atoms with Crippen LogP contribution in [0, 0.1) is 0 Å². The summed E-state index contributed by atoms with van der Waals surface area (Å²) in [5.41, 5.74) is 0. The lowest BCUT2D eigenvalue weighted by Gasteiger charge is -2.19. The number of nitrogens with two attached hydrogens (primary N) is 1. The van der Waals surface area contributed by atoms with Gasteiger partial charge in [0.15, 0.2) is 0 Å². The summed E-state index contributed by atoms with van der Waals surface area (Å²) >= 11 is 0.829. The Morgan fingerprint density at radius 3 is 2.86 bits per heavy atom. The van der Waals surface area contributed by atoms with E-state index in [-0.39, 0.29) is 10.8 Å². The van der Waals surface area contributed by atoms with Gasteiger partial charge in [0.05, 0.1) is 0 Å². The van der Waals surface area contributed by atoms with Crippen LogP contribution >= 0.6 is 11.3 Å². The zero-order valence-corrected chi connectivity index (χ0v) is 7.59. The second kappa shape index (κ2) is 3.10. The molecule has 0 bridgehead atoms. The van der Waals surface area contributed by atoms with E-state index in [9.17, 15) is 9.59 Å². The third-order valence-corrected chi connectivity index (χ3v) is 2.47. The van der Waals surface area contributed by atoms with Gasteiger partial charge in [0, 0.05) is 0 Å². The highest BCUT2D eigenvalue weighted by Gasteiger charge is 2.26. The lowest BCUT2D eigenvalue weighted by Crippen LogP contribution is -2.43. The molecule has 1 aliphatic heterocycles. The second-order valence-corrected chi connectivity index (χ2v) is 3.45. The average molecular weight is 214 g/mol. The van der Waals surface area contributed by atoms with Crippen LogP contribution in [0.2, 0.25) is 0 Å². The van der Waals surface area contributed by atoms with Crippen LogP contribution in [-0.2, 0) is 0 Å². The van der Waals surface area contributed by atoms with Crippen molar-refractivity contribution in [3.05, 3.63) is 14.5 Å². The number of fused-ring (bicyclic) bond motifs is 1. The second-order valence-electron chi connectivity index (χ2n) is 2.47. The Labute approximate surface area is 81.2 Å². The minimum atomic E-state index is -0.731. The summed E-state index contributed by atoms with van der Waals surface area (Å²) < 4.78 is 0. The van der Waals surface area contributed by atoms with Gasteiger partial charge >= 0.3 is 4.87 Å². The van der Waals surface area contributed by atoms with Gasteiger partial charge in [-0.3, -0.25) is 14.6 Å². The fourth-order valence-corrected chi connectivity index (χ4v) is 1.78. The largest absolute Gasteiger partial charge is 0.330 e. The molecule has 1 aliphatic rings. The molecule has 74 valence electrons. The molecule has 2 rings (SSSR count). The van der Waals surface area contributed by atoms with Crippen molar-refractivity contribution in [2.45, 2.75) is 6.29 Å². The monoisotopic (exact) mass is 214 g/mol. The van der Waals surface area contributed by atoms with E-state index in [1.54, 1.807) is 0 Å². The summed E-state index contributed by atoms with van der Waals surface area (Å²) in [6.45, 7) is 0. The molecule has 0 aliphatic carbocycles. The number of hydrogen-bond acceptors (Lipinski definition) is 6. The lowest BCUT2D eigenvalue weighted by atomic mass is 10.4. The summed E-state index contributed by atoms with van der Waals surface area (Å²) in [4.78, 5) is 24.7. The number of carbonyl (C=O) groups is 1. The van der Waals surface area contributed by atoms with Crippen LogP contribution in [0.15, 0.2) is 15.1 Å². The molecule has 1 unspecified atom stereocenters. The van der Waals surface area contributed by atoms with Gasteiger partial charge in [0.1, 0.15) is 10.7 Å². The summed E-state index contributed by atoms with van der Waals surface area (Å²) in [6, 6.07) is 0. The quantitative estimate of drug-likeness (QED) is 0.277. The maximum absolute atomic E-state index is 11.3. The van der Waals surface area contributed by atoms with Crippen molar-refractivity contribution in [3.8, 4) is 0 Å². The Morgan fingerprint density at radius 2 is 2.14 bits per heavy atom. The number of rotatable bonds is 1. The number of aromatic nitrogens is 1. The number of amides is 1. The van der Waals surface area contributed by atoms with E-state index in [2.05, 4.69) is 26.0 Å². The summed E-state index contributed by atoms with van der Waals surface area (Å²) in [5.74, 6) is 4.80. The molecule has 0 aromatic carbocycles. The average Bonchev–Trinajstić information content (AvgIpc) is 2.47. The fourth-order valence-electron chi connectivity index (χ4n) is 1.08. The number of hydrogen-bond donors (Lipinski definition) is 4. The Balaban J connectivity index is 2.37. The number of H-pyrrole nitrogens is 1. The molecule has 1 amide bonds. The third kappa shape index (κ3) is 1.33. The maximum atomic E-state index is 11.3. The van der Waals surface area contributed by atoms with Gasteiger partial charge in [-0.25, -0.2) is 0 Å². The van der Waals surface area contributed by atoms with Gasteiger partial charge in [-0.2, -0.15) is 0 Å². The van der Waals surface area contributed by atoms with Crippen molar-refractivity contribution in [2.75, 3.05) is 5.32 Å². The molecule has 14 heavy (non-hydrogen) atoms. The van der Waals surface area contributed by atoms with Crippen molar-refractivity contribution >= 4 is 23.1 Å². The predicted octanol–water partition coefficient (Wildman–Crippen LogP) is -0.799. The van der Waals surface area contributed by atoms with E-state index in [0.29, 0.717) is 10.7 Å². The number of nitrogens with one attached hydrogen (secondary N) is 3. The lowest BCUT2D eigenvalue weighted by molar-refractivity contribution is 0.0940. The highest BCUT2D eigenvalue weighted by molar-refractivity contribution is 7.12. The molecule has 9 heteroatoms. The van der Waals surface area contributed by atoms with Crippen LogP contribution < -0.4 is 21.3 Å². The molecular weight excluding hydrogens is 208 g/mol. The predicted molar refractivity (Wildman–Crippen MR) is 48.9 cm³/mol. The molecule has 0 saturated carbocycles. The van der Waals surface area contributed by atoms with E-state index in [1.807, 2.05) is 0 Å². The number of thiazole rings is 1. The van der Waals surface area contributed by atoms with Gasteiger partial charge < -0.3 is 16.5 Å². The number of anilines is 1. The van der Waals surface area contributed by atoms with Crippen LogP contribution in [0.4, 0.5) is 5.82 Å². The van der Waals surface area contributed by atoms with Crippen molar-refractivity contribution in [1.29, 1.82) is 0 Å². The van der Waals surface area contributed by atoms with E-state index >= 15 is 0 Å². The standard InChI is InChI=1S/C5H6N6O2S/c6-11-10-4-7-2-1(3(12)9-4)14-5(13)8-2/h4,7H,(H2,6,10)(H,8,13)(H,9,12). The summed E-state index contributed by atoms with van der Waals surface area (Å²) in [7, 11) is 0. The molecule has 1 aromatic heterocycles. The third-order valence-electron chi connectivity index (χ3n) is 1.59. The van der Waals surface area contributed by atoms with Gasteiger partial charge in [0.2, 0.25) is 6.29 Å². The highest BCUT2D eigenvalue weighted by atomic mass is 32.1. The Bertz CT molecular complexity index is 447. The maximum Gasteiger partial charge on any atom is 0.306 e. The molecular formula is C5H6N6O2S.